The Bertz CT molecular complexity index is 728. The third kappa shape index (κ3) is 7.86. The van der Waals surface area contributed by atoms with Crippen LogP contribution in [-0.2, 0) is 31.6 Å². The number of benzene rings is 1. The normalized spacial score (nSPS) is 15.9. The number of rotatable bonds is 6. The van der Waals surface area contributed by atoms with Gasteiger partial charge in [0.25, 0.3) is 5.91 Å². The number of aryl methyl sites for hydroxylation is 1. The maximum absolute atomic E-state index is 12.2. The highest BCUT2D eigenvalue weighted by Gasteiger charge is 2.26. The van der Waals surface area contributed by atoms with E-state index in [4.69, 9.17) is 4.74 Å². The first-order chi connectivity index (χ1) is 14.4. The molecule has 0 unspecified atom stereocenters. The SMILES string of the molecule is CC(C)(C)c1cc(CCC(=O)OCC(=O)NC2CCCCCC2)cc(C(C)(C)C)c1O. The van der Waals surface area contributed by atoms with Gasteiger partial charge in [-0.05, 0) is 46.8 Å². The number of carbonyl (C=O) groups is 2. The highest BCUT2D eigenvalue weighted by molar-refractivity contribution is 5.80. The summed E-state index contributed by atoms with van der Waals surface area (Å²) >= 11 is 0. The molecule has 1 saturated carbocycles. The predicted octanol–water partition coefficient (Wildman–Crippen LogP) is 5.30. The van der Waals surface area contributed by atoms with Gasteiger partial charge in [0, 0.05) is 12.5 Å². The first kappa shape index (κ1) is 25.2. The third-order valence-electron chi connectivity index (χ3n) is 5.99. The van der Waals surface area contributed by atoms with Crippen molar-refractivity contribution in [1.29, 1.82) is 0 Å². The van der Waals surface area contributed by atoms with Gasteiger partial charge < -0.3 is 15.2 Å². The quantitative estimate of drug-likeness (QED) is 0.473. The summed E-state index contributed by atoms with van der Waals surface area (Å²) in [4.78, 5) is 24.4. The fourth-order valence-electron chi connectivity index (χ4n) is 4.14. The number of carbonyl (C=O) groups excluding carboxylic acids is 2. The first-order valence-corrected chi connectivity index (χ1v) is 11.7. The summed E-state index contributed by atoms with van der Waals surface area (Å²) < 4.78 is 5.22. The number of hydrogen-bond donors (Lipinski definition) is 2. The van der Waals surface area contributed by atoms with E-state index in [1.54, 1.807) is 0 Å². The van der Waals surface area contributed by atoms with Crippen molar-refractivity contribution in [3.05, 3.63) is 28.8 Å². The van der Waals surface area contributed by atoms with Crippen molar-refractivity contribution < 1.29 is 19.4 Å². The van der Waals surface area contributed by atoms with Crippen molar-refractivity contribution in [3.63, 3.8) is 0 Å². The number of aromatic hydroxyl groups is 1. The van der Waals surface area contributed by atoms with Gasteiger partial charge in [-0.25, -0.2) is 0 Å². The van der Waals surface area contributed by atoms with Crippen LogP contribution in [0.4, 0.5) is 0 Å². The molecule has 31 heavy (non-hydrogen) atoms. The molecule has 2 rings (SSSR count). The molecule has 1 aliphatic rings. The van der Waals surface area contributed by atoms with E-state index < -0.39 is 0 Å². The molecular weight excluding hydrogens is 390 g/mol. The molecule has 1 fully saturated rings. The number of esters is 1. The van der Waals surface area contributed by atoms with Crippen molar-refractivity contribution >= 4 is 11.9 Å². The maximum Gasteiger partial charge on any atom is 0.306 e. The van der Waals surface area contributed by atoms with Crippen LogP contribution in [0.15, 0.2) is 12.1 Å². The van der Waals surface area contributed by atoms with Gasteiger partial charge in [-0.2, -0.15) is 0 Å². The zero-order valence-electron chi connectivity index (χ0n) is 20.3. The van der Waals surface area contributed by atoms with Crippen LogP contribution in [0.2, 0.25) is 0 Å². The second kappa shape index (κ2) is 10.5. The topological polar surface area (TPSA) is 75.6 Å². The molecule has 5 heteroatoms. The standard InChI is InChI=1S/C26H41NO4/c1-25(2,3)20-15-18(16-21(24(20)30)26(4,5)6)13-14-23(29)31-17-22(28)27-19-11-9-7-8-10-12-19/h15-16,19,30H,7-14,17H2,1-6H3,(H,27,28). The van der Waals surface area contributed by atoms with E-state index >= 15 is 0 Å². The summed E-state index contributed by atoms with van der Waals surface area (Å²) in [6.45, 7) is 12.2. The third-order valence-corrected chi connectivity index (χ3v) is 5.99. The van der Waals surface area contributed by atoms with Gasteiger partial charge in [0.2, 0.25) is 0 Å². The van der Waals surface area contributed by atoms with E-state index in [1.807, 2.05) is 12.1 Å². The number of hydrogen-bond acceptors (Lipinski definition) is 4. The summed E-state index contributed by atoms with van der Waals surface area (Å²) in [5.41, 5.74) is 2.33. The lowest BCUT2D eigenvalue weighted by atomic mass is 9.78. The molecule has 0 aromatic heterocycles. The summed E-state index contributed by atoms with van der Waals surface area (Å²) in [6, 6.07) is 4.17. The molecule has 0 spiro atoms. The summed E-state index contributed by atoms with van der Waals surface area (Å²) in [5, 5.41) is 13.8. The fraction of sp³-hybridized carbons (Fsp3) is 0.692. The fourth-order valence-corrected chi connectivity index (χ4v) is 4.14. The van der Waals surface area contributed by atoms with Crippen LogP contribution in [0.25, 0.3) is 0 Å². The Morgan fingerprint density at radius 1 is 0.968 bits per heavy atom. The van der Waals surface area contributed by atoms with Crippen LogP contribution in [-0.4, -0.2) is 29.6 Å². The Morgan fingerprint density at radius 2 is 1.48 bits per heavy atom. The largest absolute Gasteiger partial charge is 0.507 e. The van der Waals surface area contributed by atoms with Crippen molar-refractivity contribution in [2.24, 2.45) is 0 Å². The van der Waals surface area contributed by atoms with Gasteiger partial charge in [0.15, 0.2) is 6.61 Å². The predicted molar refractivity (Wildman–Crippen MR) is 124 cm³/mol. The molecule has 0 atom stereocenters. The van der Waals surface area contributed by atoms with Crippen molar-refractivity contribution in [2.75, 3.05) is 6.61 Å². The Kier molecular flexibility index (Phi) is 8.56. The molecule has 2 N–H and O–H groups in total. The van der Waals surface area contributed by atoms with E-state index in [1.165, 1.54) is 12.8 Å². The van der Waals surface area contributed by atoms with Crippen LogP contribution >= 0.6 is 0 Å². The van der Waals surface area contributed by atoms with Crippen LogP contribution < -0.4 is 5.32 Å². The molecule has 1 aromatic rings. The van der Waals surface area contributed by atoms with Crippen LogP contribution in [0.5, 0.6) is 5.75 Å². The average Bonchev–Trinajstić information content (AvgIpc) is 2.92. The summed E-state index contributed by atoms with van der Waals surface area (Å²) in [5.74, 6) is -0.254. The molecule has 1 amide bonds. The molecule has 0 saturated heterocycles. The van der Waals surface area contributed by atoms with Gasteiger partial charge in [0.1, 0.15) is 5.75 Å². The molecule has 0 heterocycles. The molecule has 5 nitrogen and oxygen atoms in total. The molecule has 1 aromatic carbocycles. The lowest BCUT2D eigenvalue weighted by Gasteiger charge is -2.28. The average molecular weight is 432 g/mol. The molecule has 0 aliphatic heterocycles. The molecular formula is C26H41NO4. The molecule has 174 valence electrons. The number of nitrogens with one attached hydrogen (secondary N) is 1. The van der Waals surface area contributed by atoms with Gasteiger partial charge in [-0.3, -0.25) is 9.59 Å². The Morgan fingerprint density at radius 3 is 1.97 bits per heavy atom. The monoisotopic (exact) mass is 431 g/mol. The zero-order chi connectivity index (χ0) is 23.2. The first-order valence-electron chi connectivity index (χ1n) is 11.7. The Hall–Kier alpha value is -2.04. The Labute approximate surface area is 188 Å². The van der Waals surface area contributed by atoms with Crippen molar-refractivity contribution in [1.82, 2.24) is 5.32 Å². The molecule has 0 bridgehead atoms. The minimum Gasteiger partial charge on any atom is -0.507 e. The smallest absolute Gasteiger partial charge is 0.306 e. The van der Waals surface area contributed by atoms with Crippen LogP contribution in [0.3, 0.4) is 0 Å². The van der Waals surface area contributed by atoms with E-state index in [0.717, 1.165) is 42.4 Å². The lowest BCUT2D eigenvalue weighted by molar-refractivity contribution is -0.148. The van der Waals surface area contributed by atoms with E-state index in [2.05, 4.69) is 46.9 Å². The van der Waals surface area contributed by atoms with Crippen LogP contribution in [0.1, 0.15) is 103 Å². The van der Waals surface area contributed by atoms with Crippen molar-refractivity contribution in [2.45, 2.75) is 110 Å². The minimum atomic E-state index is -0.376. The van der Waals surface area contributed by atoms with E-state index in [0.29, 0.717) is 12.2 Å². The number of phenols is 1. The van der Waals surface area contributed by atoms with Crippen molar-refractivity contribution in [3.8, 4) is 5.75 Å². The lowest BCUT2D eigenvalue weighted by Crippen LogP contribution is -2.37. The van der Waals surface area contributed by atoms with Gasteiger partial charge in [-0.15, -0.1) is 0 Å². The zero-order valence-corrected chi connectivity index (χ0v) is 20.3. The highest BCUT2D eigenvalue weighted by atomic mass is 16.5. The summed E-state index contributed by atoms with van der Waals surface area (Å²) in [7, 11) is 0. The number of amides is 1. The second-order valence-electron chi connectivity index (χ2n) is 11.0. The van der Waals surface area contributed by atoms with Gasteiger partial charge in [0.05, 0.1) is 0 Å². The maximum atomic E-state index is 12.2. The van der Waals surface area contributed by atoms with Gasteiger partial charge in [-0.1, -0.05) is 79.4 Å². The van der Waals surface area contributed by atoms with E-state index in [9.17, 15) is 14.7 Å². The highest BCUT2D eigenvalue weighted by Crippen LogP contribution is 2.40. The molecule has 1 aliphatic carbocycles. The Balaban J connectivity index is 1.94. The molecule has 0 radical (unpaired) electrons. The second-order valence-corrected chi connectivity index (χ2v) is 11.0. The van der Waals surface area contributed by atoms with E-state index in [-0.39, 0.29) is 41.8 Å². The summed E-state index contributed by atoms with van der Waals surface area (Å²) in [6.07, 6.45) is 7.47. The number of ether oxygens (including phenoxy) is 1. The van der Waals surface area contributed by atoms with Gasteiger partial charge >= 0.3 is 5.97 Å². The van der Waals surface area contributed by atoms with Crippen LogP contribution in [0, 0.1) is 0 Å². The number of phenolic OH excluding ortho intramolecular Hbond substituents is 1. The minimum absolute atomic E-state index is 0.203.